The van der Waals surface area contributed by atoms with E-state index < -0.39 is 0 Å². The van der Waals surface area contributed by atoms with Gasteiger partial charge in [0.2, 0.25) is 0 Å². The molecule has 0 spiro atoms. The smallest absolute Gasteiger partial charge is 0.124 e. The van der Waals surface area contributed by atoms with Crippen molar-refractivity contribution in [3.8, 4) is 54.5 Å². The van der Waals surface area contributed by atoms with Gasteiger partial charge in [0.05, 0.1) is 20.4 Å². The van der Waals surface area contributed by atoms with Crippen molar-refractivity contribution in [3.05, 3.63) is 255 Å². The molecule has 2 heterocycles. The summed E-state index contributed by atoms with van der Waals surface area (Å²) >= 11 is 3.47. The fourth-order valence-corrected chi connectivity index (χ4v) is 10.8. The molecule has 0 bridgehead atoms. The molecular formula is C62H42N4S2. The fourth-order valence-electron chi connectivity index (χ4n) is 8.86. The molecular weight excluding hydrogens is 865 g/mol. The predicted octanol–water partition coefficient (Wildman–Crippen LogP) is 18.2. The van der Waals surface area contributed by atoms with Gasteiger partial charge in [-0.25, -0.2) is 9.97 Å². The second-order valence-electron chi connectivity index (χ2n) is 16.7. The topological polar surface area (TPSA) is 32.3 Å². The Labute approximate surface area is 404 Å². The van der Waals surface area contributed by atoms with Crippen molar-refractivity contribution >= 4 is 77.2 Å². The lowest BCUT2D eigenvalue weighted by atomic mass is 10.0. The Bertz CT molecular complexity index is 3310. The molecule has 0 aliphatic heterocycles. The first-order valence-corrected chi connectivity index (χ1v) is 24.3. The van der Waals surface area contributed by atoms with Crippen LogP contribution in [-0.2, 0) is 0 Å². The number of aromatic nitrogens is 2. The molecule has 0 saturated carbocycles. The van der Waals surface area contributed by atoms with Crippen LogP contribution in [0, 0.1) is 0 Å². The first-order valence-electron chi connectivity index (χ1n) is 22.7. The van der Waals surface area contributed by atoms with Gasteiger partial charge < -0.3 is 9.80 Å². The van der Waals surface area contributed by atoms with E-state index in [1.54, 1.807) is 22.7 Å². The maximum Gasteiger partial charge on any atom is 0.124 e. The van der Waals surface area contributed by atoms with Crippen LogP contribution < -0.4 is 9.80 Å². The second-order valence-corrected chi connectivity index (χ2v) is 18.7. The molecule has 0 atom stereocenters. The van der Waals surface area contributed by atoms with Gasteiger partial charge in [0.1, 0.15) is 10.0 Å². The Morgan fingerprint density at radius 1 is 0.221 bits per heavy atom. The van der Waals surface area contributed by atoms with Gasteiger partial charge in [-0.2, -0.15) is 0 Å². The fraction of sp³-hybridized carbons (Fsp3) is 0. The average molecular weight is 907 g/mol. The van der Waals surface area contributed by atoms with Crippen LogP contribution in [-0.4, -0.2) is 9.97 Å². The van der Waals surface area contributed by atoms with Crippen LogP contribution in [0.25, 0.3) is 75.0 Å². The Balaban J connectivity index is 0.775. The molecule has 12 rings (SSSR count). The number of hydrogen-bond acceptors (Lipinski definition) is 6. The van der Waals surface area contributed by atoms with Crippen LogP contribution in [0.1, 0.15) is 0 Å². The molecule has 12 aromatic rings. The molecule has 2 aromatic heterocycles. The van der Waals surface area contributed by atoms with Crippen molar-refractivity contribution in [3.63, 3.8) is 0 Å². The Morgan fingerprint density at radius 3 is 0.750 bits per heavy atom. The Kier molecular flexibility index (Phi) is 10.9. The number of para-hydroxylation sites is 4. The minimum absolute atomic E-state index is 1.04. The highest BCUT2D eigenvalue weighted by molar-refractivity contribution is 7.22. The van der Waals surface area contributed by atoms with E-state index in [-0.39, 0.29) is 0 Å². The number of nitrogens with zero attached hydrogens (tertiary/aromatic N) is 4. The minimum atomic E-state index is 1.04. The zero-order valence-corrected chi connectivity index (χ0v) is 38.5. The number of hydrogen-bond donors (Lipinski definition) is 0. The van der Waals surface area contributed by atoms with Crippen molar-refractivity contribution in [2.24, 2.45) is 0 Å². The molecule has 6 heteroatoms. The molecule has 322 valence electrons. The number of thiazole rings is 2. The maximum atomic E-state index is 4.86. The molecule has 0 saturated heterocycles. The lowest BCUT2D eigenvalue weighted by molar-refractivity contribution is 1.28. The molecule has 0 amide bonds. The van der Waals surface area contributed by atoms with Crippen molar-refractivity contribution in [1.82, 2.24) is 9.97 Å². The zero-order chi connectivity index (χ0) is 45.2. The zero-order valence-electron chi connectivity index (χ0n) is 36.9. The van der Waals surface area contributed by atoms with Crippen molar-refractivity contribution in [2.75, 3.05) is 9.80 Å². The van der Waals surface area contributed by atoms with E-state index in [1.165, 1.54) is 31.7 Å². The highest BCUT2D eigenvalue weighted by Crippen LogP contribution is 2.40. The third-order valence-corrected chi connectivity index (χ3v) is 14.6. The molecule has 0 unspecified atom stereocenters. The average Bonchev–Trinajstić information content (AvgIpc) is 4.06. The second kappa shape index (κ2) is 18.1. The molecule has 68 heavy (non-hydrogen) atoms. The van der Waals surface area contributed by atoms with Gasteiger partial charge in [-0.15, -0.1) is 22.7 Å². The van der Waals surface area contributed by atoms with Crippen LogP contribution in [0.5, 0.6) is 0 Å². The van der Waals surface area contributed by atoms with Crippen molar-refractivity contribution in [2.45, 2.75) is 0 Å². The third kappa shape index (κ3) is 8.24. The maximum absolute atomic E-state index is 4.86. The van der Waals surface area contributed by atoms with E-state index in [2.05, 4.69) is 252 Å². The van der Waals surface area contributed by atoms with E-state index in [9.17, 15) is 0 Å². The van der Waals surface area contributed by atoms with Gasteiger partial charge in [0, 0.05) is 45.3 Å². The molecule has 4 nitrogen and oxygen atoms in total. The van der Waals surface area contributed by atoms with E-state index in [0.717, 1.165) is 77.4 Å². The lowest BCUT2D eigenvalue weighted by Gasteiger charge is -2.26. The predicted molar refractivity (Wildman–Crippen MR) is 289 cm³/mol. The van der Waals surface area contributed by atoms with Crippen molar-refractivity contribution < 1.29 is 0 Å². The number of fused-ring (bicyclic) bond motifs is 2. The summed E-state index contributed by atoms with van der Waals surface area (Å²) in [5.74, 6) is 0. The summed E-state index contributed by atoms with van der Waals surface area (Å²) in [6, 6.07) is 90.8. The molecule has 0 aliphatic rings. The quantitative estimate of drug-likeness (QED) is 0.129. The summed E-state index contributed by atoms with van der Waals surface area (Å²) in [5, 5.41) is 2.09. The molecule has 0 aliphatic carbocycles. The van der Waals surface area contributed by atoms with E-state index in [1.807, 2.05) is 12.1 Å². The lowest BCUT2D eigenvalue weighted by Crippen LogP contribution is -2.10. The molecule has 0 radical (unpaired) electrons. The van der Waals surface area contributed by atoms with Gasteiger partial charge >= 0.3 is 0 Å². The number of rotatable bonds is 11. The van der Waals surface area contributed by atoms with Crippen molar-refractivity contribution in [1.29, 1.82) is 0 Å². The molecule has 10 aromatic carbocycles. The first kappa shape index (κ1) is 41.0. The van der Waals surface area contributed by atoms with Crippen LogP contribution in [0.3, 0.4) is 0 Å². The van der Waals surface area contributed by atoms with Crippen LogP contribution in [0.4, 0.5) is 34.1 Å². The molecule has 0 fully saturated rings. The number of benzene rings is 10. The minimum Gasteiger partial charge on any atom is -0.311 e. The summed E-state index contributed by atoms with van der Waals surface area (Å²) in [7, 11) is 0. The van der Waals surface area contributed by atoms with E-state index in [0.29, 0.717) is 0 Å². The highest BCUT2D eigenvalue weighted by atomic mass is 32.1. The monoisotopic (exact) mass is 906 g/mol. The van der Waals surface area contributed by atoms with Gasteiger partial charge in [-0.3, -0.25) is 0 Å². The summed E-state index contributed by atoms with van der Waals surface area (Å²) in [6.07, 6.45) is 0. The highest BCUT2D eigenvalue weighted by Gasteiger charge is 2.16. The van der Waals surface area contributed by atoms with Gasteiger partial charge in [-0.05, 0) is 130 Å². The first-order chi connectivity index (χ1) is 33.7. The third-order valence-electron chi connectivity index (χ3n) is 12.4. The van der Waals surface area contributed by atoms with E-state index >= 15 is 0 Å². The molecule has 0 N–H and O–H groups in total. The number of anilines is 6. The van der Waals surface area contributed by atoms with Crippen LogP contribution in [0.2, 0.25) is 0 Å². The SMILES string of the molecule is c1ccc(N(c2ccc(-c3ccc(-c4nc5ccccc5s4)cc3)cc2)c2ccc(-c3ccc(N(c4ccccc4)c4ccc(-c5ccc(-c6nc7ccccc7s6)cc5)cc4)cc3)cc2)cc1. The largest absolute Gasteiger partial charge is 0.311 e. The van der Waals surface area contributed by atoms with Gasteiger partial charge in [-0.1, -0.05) is 158 Å². The van der Waals surface area contributed by atoms with Gasteiger partial charge in [0.15, 0.2) is 0 Å². The standard InChI is InChI=1S/C62H42N4S2/c1-3-11-51(12-4-1)65(53-35-27-45(28-36-53)43-19-23-49(24-20-43)61-63-57-15-7-9-17-59(57)67-61)55-39-31-47(32-40-55)48-33-41-56(42-34-48)66(52-13-5-2-6-14-52)54-37-29-46(30-38-54)44-21-25-50(26-22-44)62-64-58-16-8-10-18-60(58)68-62/h1-42H. The van der Waals surface area contributed by atoms with Crippen LogP contribution in [0.15, 0.2) is 255 Å². The van der Waals surface area contributed by atoms with Gasteiger partial charge in [0.25, 0.3) is 0 Å². The Hall–Kier alpha value is -8.42. The summed E-state index contributed by atoms with van der Waals surface area (Å²) in [5.41, 5.74) is 17.9. The Morgan fingerprint density at radius 2 is 0.456 bits per heavy atom. The van der Waals surface area contributed by atoms with E-state index in [4.69, 9.17) is 9.97 Å². The summed E-state index contributed by atoms with van der Waals surface area (Å²) in [6.45, 7) is 0. The normalized spacial score (nSPS) is 11.2. The summed E-state index contributed by atoms with van der Waals surface area (Å²) in [4.78, 5) is 14.3. The summed E-state index contributed by atoms with van der Waals surface area (Å²) < 4.78 is 2.42. The van der Waals surface area contributed by atoms with Crippen LogP contribution >= 0.6 is 22.7 Å².